The van der Waals surface area contributed by atoms with Crippen LogP contribution in [0, 0.1) is 0 Å². The van der Waals surface area contributed by atoms with Crippen LogP contribution in [0.3, 0.4) is 0 Å². The molecule has 22 heavy (non-hydrogen) atoms. The molecule has 2 heterocycles. The SMILES string of the molecule is O=C(c1ccc(NCc2ccccc2)nc1)N1CCCCC1. The van der Waals surface area contributed by atoms with E-state index in [2.05, 4.69) is 22.4 Å². The van der Waals surface area contributed by atoms with Gasteiger partial charge in [-0.3, -0.25) is 4.79 Å². The first-order valence-corrected chi connectivity index (χ1v) is 7.86. The quantitative estimate of drug-likeness (QED) is 0.941. The van der Waals surface area contributed by atoms with Crippen LogP contribution in [0.4, 0.5) is 5.82 Å². The number of nitrogens with zero attached hydrogens (tertiary/aromatic N) is 2. The van der Waals surface area contributed by atoms with Crippen LogP contribution in [0.1, 0.15) is 35.2 Å². The van der Waals surface area contributed by atoms with Crippen molar-refractivity contribution in [1.82, 2.24) is 9.88 Å². The highest BCUT2D eigenvalue weighted by atomic mass is 16.2. The second kappa shape index (κ2) is 7.07. The van der Waals surface area contributed by atoms with Crippen LogP contribution < -0.4 is 5.32 Å². The van der Waals surface area contributed by atoms with Crippen molar-refractivity contribution in [3.8, 4) is 0 Å². The lowest BCUT2D eigenvalue weighted by atomic mass is 10.1. The standard InChI is InChI=1S/C18H21N3O/c22-18(21-11-5-2-6-12-21)16-9-10-17(20-14-16)19-13-15-7-3-1-4-8-15/h1,3-4,7-10,14H,2,5-6,11-13H2,(H,19,20). The molecule has 1 aromatic heterocycles. The molecule has 0 aliphatic carbocycles. The number of nitrogens with one attached hydrogen (secondary N) is 1. The van der Waals surface area contributed by atoms with E-state index in [1.807, 2.05) is 35.2 Å². The van der Waals surface area contributed by atoms with Crippen LogP contribution in [-0.4, -0.2) is 28.9 Å². The Labute approximate surface area is 131 Å². The van der Waals surface area contributed by atoms with Crippen molar-refractivity contribution in [2.24, 2.45) is 0 Å². The van der Waals surface area contributed by atoms with Crippen molar-refractivity contribution in [3.63, 3.8) is 0 Å². The van der Waals surface area contributed by atoms with Gasteiger partial charge < -0.3 is 10.2 Å². The van der Waals surface area contributed by atoms with Gasteiger partial charge in [0, 0.05) is 25.8 Å². The van der Waals surface area contributed by atoms with Crippen LogP contribution in [0.2, 0.25) is 0 Å². The van der Waals surface area contributed by atoms with Gasteiger partial charge in [0.05, 0.1) is 5.56 Å². The second-order valence-corrected chi connectivity index (χ2v) is 5.62. The number of benzene rings is 1. The lowest BCUT2D eigenvalue weighted by Crippen LogP contribution is -2.35. The molecule has 0 bridgehead atoms. The van der Waals surface area contributed by atoms with Gasteiger partial charge in [-0.25, -0.2) is 4.98 Å². The van der Waals surface area contributed by atoms with E-state index in [-0.39, 0.29) is 5.91 Å². The molecule has 0 spiro atoms. The highest BCUT2D eigenvalue weighted by Crippen LogP contribution is 2.14. The van der Waals surface area contributed by atoms with Gasteiger partial charge in [0.1, 0.15) is 5.82 Å². The maximum Gasteiger partial charge on any atom is 0.255 e. The molecule has 1 saturated heterocycles. The lowest BCUT2D eigenvalue weighted by molar-refractivity contribution is 0.0724. The number of piperidine rings is 1. The molecule has 4 nitrogen and oxygen atoms in total. The lowest BCUT2D eigenvalue weighted by Gasteiger charge is -2.26. The number of hydrogen-bond acceptors (Lipinski definition) is 3. The van der Waals surface area contributed by atoms with E-state index in [0.717, 1.165) is 38.3 Å². The third-order valence-corrected chi connectivity index (χ3v) is 3.97. The summed E-state index contributed by atoms with van der Waals surface area (Å²) in [5.41, 5.74) is 1.88. The maximum absolute atomic E-state index is 12.4. The van der Waals surface area contributed by atoms with Gasteiger partial charge in [0.2, 0.25) is 0 Å². The molecule has 0 saturated carbocycles. The van der Waals surface area contributed by atoms with Crippen molar-refractivity contribution >= 4 is 11.7 Å². The second-order valence-electron chi connectivity index (χ2n) is 5.62. The fourth-order valence-electron chi connectivity index (χ4n) is 2.69. The van der Waals surface area contributed by atoms with Gasteiger partial charge in [0.25, 0.3) is 5.91 Å². The third kappa shape index (κ3) is 3.64. The van der Waals surface area contributed by atoms with Gasteiger partial charge in [-0.05, 0) is 37.0 Å². The molecule has 114 valence electrons. The number of rotatable bonds is 4. The third-order valence-electron chi connectivity index (χ3n) is 3.97. The molecule has 1 N–H and O–H groups in total. The highest BCUT2D eigenvalue weighted by molar-refractivity contribution is 5.94. The smallest absolute Gasteiger partial charge is 0.255 e. The fourth-order valence-corrected chi connectivity index (χ4v) is 2.69. The van der Waals surface area contributed by atoms with Gasteiger partial charge in [-0.1, -0.05) is 30.3 Å². The van der Waals surface area contributed by atoms with Crippen LogP contribution >= 0.6 is 0 Å². The fraction of sp³-hybridized carbons (Fsp3) is 0.333. The van der Waals surface area contributed by atoms with E-state index < -0.39 is 0 Å². The Morgan fingerprint density at radius 1 is 1.05 bits per heavy atom. The molecule has 0 atom stereocenters. The molecular formula is C18H21N3O. The monoisotopic (exact) mass is 295 g/mol. The summed E-state index contributed by atoms with van der Waals surface area (Å²) in [6.07, 6.45) is 5.11. The summed E-state index contributed by atoms with van der Waals surface area (Å²) in [7, 11) is 0. The summed E-state index contributed by atoms with van der Waals surface area (Å²) < 4.78 is 0. The normalized spacial score (nSPS) is 14.6. The molecular weight excluding hydrogens is 274 g/mol. The van der Waals surface area contributed by atoms with Crippen molar-refractivity contribution in [3.05, 3.63) is 59.8 Å². The molecule has 2 aromatic rings. The van der Waals surface area contributed by atoms with E-state index in [4.69, 9.17) is 0 Å². The minimum Gasteiger partial charge on any atom is -0.366 e. The Kier molecular flexibility index (Phi) is 4.68. The summed E-state index contributed by atoms with van der Waals surface area (Å²) in [5.74, 6) is 0.890. The minimum absolute atomic E-state index is 0.0989. The first-order valence-electron chi connectivity index (χ1n) is 7.86. The highest BCUT2D eigenvalue weighted by Gasteiger charge is 2.18. The molecule has 1 fully saturated rings. The van der Waals surface area contributed by atoms with Gasteiger partial charge in [-0.2, -0.15) is 0 Å². The predicted molar refractivity (Wildman–Crippen MR) is 87.8 cm³/mol. The Hall–Kier alpha value is -2.36. The predicted octanol–water partition coefficient (Wildman–Crippen LogP) is 3.32. The number of carbonyl (C=O) groups excluding carboxylic acids is 1. The van der Waals surface area contributed by atoms with Crippen LogP contribution in [0.15, 0.2) is 48.7 Å². The zero-order valence-electron chi connectivity index (χ0n) is 12.7. The summed E-state index contributed by atoms with van der Waals surface area (Å²) in [4.78, 5) is 18.6. The molecule has 0 unspecified atom stereocenters. The number of aromatic nitrogens is 1. The number of likely N-dealkylation sites (tertiary alicyclic amines) is 1. The summed E-state index contributed by atoms with van der Waals surface area (Å²) in [5, 5.41) is 3.27. The minimum atomic E-state index is 0.0989. The Morgan fingerprint density at radius 3 is 2.50 bits per heavy atom. The average Bonchev–Trinajstić information content (AvgIpc) is 2.61. The first-order chi connectivity index (χ1) is 10.8. The van der Waals surface area contributed by atoms with Crippen molar-refractivity contribution < 1.29 is 4.79 Å². The molecule has 3 rings (SSSR count). The molecule has 1 aliphatic rings. The van der Waals surface area contributed by atoms with Crippen LogP contribution in [-0.2, 0) is 6.54 Å². The number of hydrogen-bond donors (Lipinski definition) is 1. The molecule has 1 aliphatic heterocycles. The zero-order valence-corrected chi connectivity index (χ0v) is 12.7. The Morgan fingerprint density at radius 2 is 1.82 bits per heavy atom. The van der Waals surface area contributed by atoms with Crippen molar-refractivity contribution in [1.29, 1.82) is 0 Å². The maximum atomic E-state index is 12.4. The summed E-state index contributed by atoms with van der Waals surface area (Å²) >= 11 is 0. The number of amides is 1. The van der Waals surface area contributed by atoms with E-state index in [1.54, 1.807) is 6.20 Å². The van der Waals surface area contributed by atoms with E-state index in [1.165, 1.54) is 12.0 Å². The van der Waals surface area contributed by atoms with E-state index in [0.29, 0.717) is 5.56 Å². The summed E-state index contributed by atoms with van der Waals surface area (Å²) in [6, 6.07) is 13.9. The van der Waals surface area contributed by atoms with Gasteiger partial charge in [0.15, 0.2) is 0 Å². The average molecular weight is 295 g/mol. The first kappa shape index (κ1) is 14.6. The van der Waals surface area contributed by atoms with E-state index in [9.17, 15) is 4.79 Å². The molecule has 1 amide bonds. The van der Waals surface area contributed by atoms with E-state index >= 15 is 0 Å². The molecule has 1 aromatic carbocycles. The molecule has 0 radical (unpaired) electrons. The van der Waals surface area contributed by atoms with Gasteiger partial charge >= 0.3 is 0 Å². The van der Waals surface area contributed by atoms with Crippen LogP contribution in [0.25, 0.3) is 0 Å². The van der Waals surface area contributed by atoms with Crippen molar-refractivity contribution in [2.45, 2.75) is 25.8 Å². The zero-order chi connectivity index (χ0) is 15.2. The number of pyridine rings is 1. The van der Waals surface area contributed by atoms with Crippen LogP contribution in [0.5, 0.6) is 0 Å². The topological polar surface area (TPSA) is 45.2 Å². The summed E-state index contributed by atoms with van der Waals surface area (Å²) in [6.45, 7) is 2.47. The molecule has 4 heteroatoms. The van der Waals surface area contributed by atoms with Gasteiger partial charge in [-0.15, -0.1) is 0 Å². The van der Waals surface area contributed by atoms with Crippen molar-refractivity contribution in [2.75, 3.05) is 18.4 Å². The number of anilines is 1. The Balaban J connectivity index is 1.59. The number of carbonyl (C=O) groups is 1. The largest absolute Gasteiger partial charge is 0.366 e. The Bertz CT molecular complexity index is 604.